The van der Waals surface area contributed by atoms with Gasteiger partial charge in [-0.2, -0.15) is 0 Å². The van der Waals surface area contributed by atoms with Crippen molar-refractivity contribution >= 4 is 5.97 Å². The molecule has 1 rings (SSSR count). The minimum absolute atomic E-state index is 0.151. The number of aliphatic hydroxyl groups excluding tert-OH is 1. The molecule has 0 saturated heterocycles. The van der Waals surface area contributed by atoms with Crippen molar-refractivity contribution in [3.8, 4) is 11.5 Å². The second kappa shape index (κ2) is 6.86. The summed E-state index contributed by atoms with van der Waals surface area (Å²) < 4.78 is 14.9. The van der Waals surface area contributed by atoms with Gasteiger partial charge in [-0.3, -0.25) is 4.79 Å². The third kappa shape index (κ3) is 3.37. The third-order valence-corrected chi connectivity index (χ3v) is 2.64. The summed E-state index contributed by atoms with van der Waals surface area (Å²) in [6.45, 7) is 0. The quantitative estimate of drug-likeness (QED) is 0.782. The maximum absolute atomic E-state index is 11.0. The lowest BCUT2D eigenvalue weighted by Crippen LogP contribution is -2.06. The maximum atomic E-state index is 11.0. The molecule has 1 aromatic carbocycles. The lowest BCUT2D eigenvalue weighted by atomic mass is 10.0. The van der Waals surface area contributed by atoms with E-state index in [2.05, 4.69) is 4.74 Å². The summed E-state index contributed by atoms with van der Waals surface area (Å²) in [5.74, 6) is 0.681. The largest absolute Gasteiger partial charge is 0.493 e. The number of carbonyl (C=O) groups excluding carboxylic acids is 1. The van der Waals surface area contributed by atoms with E-state index >= 15 is 0 Å². The van der Waals surface area contributed by atoms with Crippen molar-refractivity contribution in [1.82, 2.24) is 0 Å². The van der Waals surface area contributed by atoms with E-state index in [-0.39, 0.29) is 18.8 Å². The predicted octanol–water partition coefficient (Wildman–Crippen LogP) is 1.69. The Labute approximate surface area is 106 Å². The first-order valence-corrected chi connectivity index (χ1v) is 5.59. The molecule has 0 saturated carbocycles. The Morgan fingerprint density at radius 1 is 1.28 bits per heavy atom. The van der Waals surface area contributed by atoms with E-state index in [9.17, 15) is 9.90 Å². The molecule has 0 aromatic heterocycles. The number of benzene rings is 1. The van der Waals surface area contributed by atoms with Gasteiger partial charge in [0, 0.05) is 12.0 Å². The Morgan fingerprint density at radius 2 is 2.00 bits per heavy atom. The van der Waals surface area contributed by atoms with Crippen LogP contribution in [-0.2, 0) is 9.53 Å². The molecular formula is C13H18O5. The van der Waals surface area contributed by atoms with Crippen molar-refractivity contribution in [2.24, 2.45) is 0 Å². The molecule has 5 heteroatoms. The first kappa shape index (κ1) is 14.3. The molecule has 0 aliphatic carbocycles. The first-order chi connectivity index (χ1) is 8.63. The average molecular weight is 254 g/mol. The minimum Gasteiger partial charge on any atom is -0.493 e. The predicted molar refractivity (Wildman–Crippen MR) is 65.8 cm³/mol. The molecule has 0 bridgehead atoms. The van der Waals surface area contributed by atoms with Crippen molar-refractivity contribution in [1.29, 1.82) is 0 Å². The van der Waals surface area contributed by atoms with E-state index < -0.39 is 6.10 Å². The van der Waals surface area contributed by atoms with E-state index in [1.54, 1.807) is 18.2 Å². The fourth-order valence-electron chi connectivity index (χ4n) is 1.69. The molecule has 1 unspecified atom stereocenters. The lowest BCUT2D eigenvalue weighted by Gasteiger charge is -2.16. The molecule has 0 aliphatic heterocycles. The molecule has 0 heterocycles. The molecule has 5 nitrogen and oxygen atoms in total. The summed E-state index contributed by atoms with van der Waals surface area (Å²) in [5, 5.41) is 10.1. The summed E-state index contributed by atoms with van der Waals surface area (Å²) in [6.07, 6.45) is -0.372. The Kier molecular flexibility index (Phi) is 5.45. The molecule has 1 aromatic rings. The number of esters is 1. The van der Waals surface area contributed by atoms with Gasteiger partial charge in [-0.1, -0.05) is 12.1 Å². The second-order valence-electron chi connectivity index (χ2n) is 3.71. The lowest BCUT2D eigenvalue weighted by molar-refractivity contribution is -0.141. The van der Waals surface area contributed by atoms with Crippen molar-refractivity contribution < 1.29 is 24.1 Å². The number of para-hydroxylation sites is 1. The second-order valence-corrected chi connectivity index (χ2v) is 3.71. The van der Waals surface area contributed by atoms with Gasteiger partial charge in [0.15, 0.2) is 11.5 Å². The van der Waals surface area contributed by atoms with E-state index in [0.29, 0.717) is 17.1 Å². The number of ether oxygens (including phenoxy) is 3. The van der Waals surface area contributed by atoms with Gasteiger partial charge >= 0.3 is 5.97 Å². The molecule has 0 spiro atoms. The molecule has 100 valence electrons. The topological polar surface area (TPSA) is 65.0 Å². The van der Waals surface area contributed by atoms with Gasteiger partial charge in [-0.15, -0.1) is 0 Å². The van der Waals surface area contributed by atoms with Crippen LogP contribution in [0.15, 0.2) is 18.2 Å². The number of hydrogen-bond acceptors (Lipinski definition) is 5. The van der Waals surface area contributed by atoms with Crippen LogP contribution in [0.25, 0.3) is 0 Å². The van der Waals surface area contributed by atoms with Gasteiger partial charge in [0.2, 0.25) is 0 Å². The van der Waals surface area contributed by atoms with Crippen LogP contribution in [0.1, 0.15) is 24.5 Å². The van der Waals surface area contributed by atoms with Gasteiger partial charge in [-0.25, -0.2) is 0 Å². The van der Waals surface area contributed by atoms with Gasteiger partial charge in [0.05, 0.1) is 27.4 Å². The Hall–Kier alpha value is -1.75. The van der Waals surface area contributed by atoms with Gasteiger partial charge < -0.3 is 19.3 Å². The number of rotatable bonds is 6. The van der Waals surface area contributed by atoms with Crippen molar-refractivity contribution in [3.63, 3.8) is 0 Å². The fraction of sp³-hybridized carbons (Fsp3) is 0.462. The Balaban J connectivity index is 2.84. The SMILES string of the molecule is COC(=O)CCC(O)c1cccc(OC)c1OC. The summed E-state index contributed by atoms with van der Waals surface area (Å²) >= 11 is 0. The van der Waals surface area contributed by atoms with Gasteiger partial charge in [-0.05, 0) is 12.5 Å². The Morgan fingerprint density at radius 3 is 2.56 bits per heavy atom. The van der Waals surface area contributed by atoms with E-state index in [4.69, 9.17) is 9.47 Å². The molecule has 0 aliphatic rings. The van der Waals surface area contributed by atoms with Crippen molar-refractivity contribution in [2.75, 3.05) is 21.3 Å². The van der Waals surface area contributed by atoms with Crippen molar-refractivity contribution in [2.45, 2.75) is 18.9 Å². The molecule has 0 radical (unpaired) electrons. The van der Waals surface area contributed by atoms with Gasteiger partial charge in [0.25, 0.3) is 0 Å². The fourth-order valence-corrected chi connectivity index (χ4v) is 1.69. The zero-order valence-corrected chi connectivity index (χ0v) is 10.8. The number of carbonyl (C=O) groups is 1. The van der Waals surface area contributed by atoms with Crippen LogP contribution in [-0.4, -0.2) is 32.4 Å². The smallest absolute Gasteiger partial charge is 0.305 e. The number of aliphatic hydroxyl groups is 1. The third-order valence-electron chi connectivity index (χ3n) is 2.64. The molecule has 0 amide bonds. The van der Waals surface area contributed by atoms with Crippen LogP contribution < -0.4 is 9.47 Å². The summed E-state index contributed by atoms with van der Waals surface area (Å²) in [7, 11) is 4.36. The van der Waals surface area contributed by atoms with Crippen LogP contribution in [0.5, 0.6) is 11.5 Å². The standard InChI is InChI=1S/C13H18O5/c1-16-11-6-4-5-9(13(11)18-3)10(14)7-8-12(15)17-2/h4-6,10,14H,7-8H2,1-3H3. The van der Waals surface area contributed by atoms with Gasteiger partial charge in [0.1, 0.15) is 0 Å². The zero-order chi connectivity index (χ0) is 13.5. The molecule has 1 atom stereocenters. The number of hydrogen-bond donors (Lipinski definition) is 1. The highest BCUT2D eigenvalue weighted by Gasteiger charge is 2.17. The number of methoxy groups -OCH3 is 3. The normalized spacial score (nSPS) is 11.8. The van der Waals surface area contributed by atoms with Crippen LogP contribution in [0.3, 0.4) is 0 Å². The highest BCUT2D eigenvalue weighted by atomic mass is 16.5. The summed E-state index contributed by atoms with van der Waals surface area (Å²) in [4.78, 5) is 11.0. The van der Waals surface area contributed by atoms with E-state index in [0.717, 1.165) is 0 Å². The summed E-state index contributed by atoms with van der Waals surface area (Å²) in [5.41, 5.74) is 0.598. The Bertz CT molecular complexity index is 402. The zero-order valence-electron chi connectivity index (χ0n) is 10.8. The molecular weight excluding hydrogens is 236 g/mol. The van der Waals surface area contributed by atoms with E-state index in [1.165, 1.54) is 21.3 Å². The molecule has 1 N–H and O–H groups in total. The molecule has 18 heavy (non-hydrogen) atoms. The maximum Gasteiger partial charge on any atom is 0.305 e. The van der Waals surface area contributed by atoms with Crippen LogP contribution in [0, 0.1) is 0 Å². The highest BCUT2D eigenvalue weighted by Crippen LogP contribution is 2.35. The van der Waals surface area contributed by atoms with Crippen LogP contribution in [0.4, 0.5) is 0 Å². The first-order valence-electron chi connectivity index (χ1n) is 5.59. The minimum atomic E-state index is -0.797. The summed E-state index contributed by atoms with van der Waals surface area (Å²) in [6, 6.07) is 5.25. The average Bonchev–Trinajstić information content (AvgIpc) is 2.42. The van der Waals surface area contributed by atoms with E-state index in [1.807, 2.05) is 0 Å². The molecule has 0 fully saturated rings. The van der Waals surface area contributed by atoms with Crippen molar-refractivity contribution in [3.05, 3.63) is 23.8 Å². The monoisotopic (exact) mass is 254 g/mol. The van der Waals surface area contributed by atoms with Crippen LogP contribution in [0.2, 0.25) is 0 Å². The highest BCUT2D eigenvalue weighted by molar-refractivity contribution is 5.69. The van der Waals surface area contributed by atoms with Crippen LogP contribution >= 0.6 is 0 Å².